The number of alkyl halides is 3. The highest BCUT2D eigenvalue weighted by Gasteiger charge is 2.30. The zero-order chi connectivity index (χ0) is 22.1. The number of aliphatic imine (C=N–C) groups is 1. The minimum absolute atomic E-state index is 0.0350. The molecule has 0 radical (unpaired) electrons. The number of benzene rings is 2. The monoisotopic (exact) mass is 420 g/mol. The normalized spacial score (nSPS) is 12.9. The van der Waals surface area contributed by atoms with Gasteiger partial charge >= 0.3 is 6.18 Å². The van der Waals surface area contributed by atoms with Crippen molar-refractivity contribution in [3.8, 4) is 0 Å². The summed E-state index contributed by atoms with van der Waals surface area (Å²) in [6.07, 6.45) is -3.68. The van der Waals surface area contributed by atoms with Gasteiger partial charge in [0.15, 0.2) is 5.96 Å². The third-order valence-electron chi connectivity index (χ3n) is 4.58. The highest BCUT2D eigenvalue weighted by Crippen LogP contribution is 2.31. The predicted octanol–water partition coefficient (Wildman–Crippen LogP) is 4.52. The van der Waals surface area contributed by atoms with Gasteiger partial charge in [0, 0.05) is 32.7 Å². The first-order valence-corrected chi connectivity index (χ1v) is 9.67. The minimum Gasteiger partial charge on any atom is -0.356 e. The third-order valence-corrected chi connectivity index (χ3v) is 4.58. The fourth-order valence-corrected chi connectivity index (χ4v) is 2.96. The molecule has 0 fully saturated rings. The van der Waals surface area contributed by atoms with E-state index in [1.54, 1.807) is 13.1 Å². The Hall–Kier alpha value is -3.03. The predicted molar refractivity (Wildman–Crippen MR) is 113 cm³/mol. The zero-order valence-corrected chi connectivity index (χ0v) is 17.3. The second-order valence-electron chi connectivity index (χ2n) is 7.05. The average molecular weight is 420 g/mol. The number of guanidine groups is 1. The van der Waals surface area contributed by atoms with Gasteiger partial charge < -0.3 is 16.0 Å². The van der Waals surface area contributed by atoms with Gasteiger partial charge in [0.1, 0.15) is 0 Å². The molecule has 8 heteroatoms. The summed E-state index contributed by atoms with van der Waals surface area (Å²) < 4.78 is 38.7. The van der Waals surface area contributed by atoms with Gasteiger partial charge in [0.05, 0.1) is 5.56 Å². The number of nitrogens with zero attached hydrogens (tertiary/aromatic N) is 1. The van der Waals surface area contributed by atoms with Crippen molar-refractivity contribution in [1.29, 1.82) is 0 Å². The molecule has 5 nitrogen and oxygen atoms in total. The molecule has 2 aromatic carbocycles. The first kappa shape index (κ1) is 23.3. The average Bonchev–Trinajstić information content (AvgIpc) is 2.69. The molecule has 0 heterocycles. The second kappa shape index (κ2) is 10.7. The molecule has 1 unspecified atom stereocenters. The maximum absolute atomic E-state index is 12.9. The van der Waals surface area contributed by atoms with E-state index in [1.807, 2.05) is 31.2 Å². The largest absolute Gasteiger partial charge is 0.416 e. The summed E-state index contributed by atoms with van der Waals surface area (Å²) in [6.45, 7) is 4.43. The highest BCUT2D eigenvalue weighted by atomic mass is 19.4. The number of halogens is 3. The molecule has 1 atom stereocenters. The molecular formula is C22H27F3N4O. The molecule has 0 saturated heterocycles. The van der Waals surface area contributed by atoms with Gasteiger partial charge in [0.25, 0.3) is 0 Å². The van der Waals surface area contributed by atoms with Crippen LogP contribution in [0.15, 0.2) is 53.5 Å². The lowest BCUT2D eigenvalue weighted by Gasteiger charge is -2.16. The molecule has 0 saturated carbocycles. The second-order valence-corrected chi connectivity index (χ2v) is 7.05. The van der Waals surface area contributed by atoms with Crippen molar-refractivity contribution in [2.75, 3.05) is 18.9 Å². The smallest absolute Gasteiger partial charge is 0.356 e. The van der Waals surface area contributed by atoms with E-state index in [1.165, 1.54) is 19.1 Å². The highest BCUT2D eigenvalue weighted by molar-refractivity contribution is 5.88. The van der Waals surface area contributed by atoms with E-state index < -0.39 is 11.7 Å². The molecule has 0 bridgehead atoms. The zero-order valence-electron chi connectivity index (χ0n) is 17.3. The van der Waals surface area contributed by atoms with Crippen LogP contribution in [0.4, 0.5) is 18.9 Å². The first-order chi connectivity index (χ1) is 14.2. The number of hydrogen-bond donors (Lipinski definition) is 3. The summed E-state index contributed by atoms with van der Waals surface area (Å²) in [5.41, 5.74) is 1.73. The Morgan fingerprint density at radius 3 is 2.50 bits per heavy atom. The van der Waals surface area contributed by atoms with E-state index in [0.29, 0.717) is 31.0 Å². The molecule has 0 spiro atoms. The summed E-state index contributed by atoms with van der Waals surface area (Å²) in [4.78, 5) is 15.3. The number of amides is 1. The Bertz CT molecular complexity index is 881. The van der Waals surface area contributed by atoms with Crippen molar-refractivity contribution < 1.29 is 18.0 Å². The van der Waals surface area contributed by atoms with E-state index in [-0.39, 0.29) is 11.8 Å². The summed E-state index contributed by atoms with van der Waals surface area (Å²) >= 11 is 0. The summed E-state index contributed by atoms with van der Waals surface area (Å²) in [5, 5.41) is 9.10. The van der Waals surface area contributed by atoms with E-state index >= 15 is 0 Å². The van der Waals surface area contributed by atoms with E-state index in [4.69, 9.17) is 0 Å². The van der Waals surface area contributed by atoms with Crippen LogP contribution in [0, 0.1) is 0 Å². The van der Waals surface area contributed by atoms with Crippen molar-refractivity contribution >= 4 is 17.6 Å². The molecular weight excluding hydrogens is 393 g/mol. The van der Waals surface area contributed by atoms with Crippen molar-refractivity contribution in [3.05, 3.63) is 65.2 Å². The van der Waals surface area contributed by atoms with Crippen molar-refractivity contribution in [2.45, 2.75) is 38.9 Å². The SMILES string of the molecule is CN=C(NCCC(C)c1cccc(C(F)(F)F)c1)NCc1cccc(NC(C)=O)c1. The van der Waals surface area contributed by atoms with Gasteiger partial charge in [-0.15, -0.1) is 0 Å². The van der Waals surface area contributed by atoms with E-state index in [9.17, 15) is 18.0 Å². The number of anilines is 1. The van der Waals surface area contributed by atoms with Gasteiger partial charge in [-0.2, -0.15) is 13.2 Å². The topological polar surface area (TPSA) is 65.5 Å². The molecule has 1 amide bonds. The lowest BCUT2D eigenvalue weighted by atomic mass is 9.96. The Labute approximate surface area is 174 Å². The number of carbonyl (C=O) groups excluding carboxylic acids is 1. The maximum atomic E-state index is 12.9. The first-order valence-electron chi connectivity index (χ1n) is 9.67. The summed E-state index contributed by atoms with van der Waals surface area (Å²) in [7, 11) is 1.65. The Balaban J connectivity index is 1.84. The Morgan fingerprint density at radius 2 is 1.83 bits per heavy atom. The van der Waals surface area contributed by atoms with Gasteiger partial charge in [-0.25, -0.2) is 0 Å². The fraction of sp³-hybridized carbons (Fsp3) is 0.364. The molecule has 0 aliphatic carbocycles. The number of rotatable bonds is 7. The lowest BCUT2D eigenvalue weighted by molar-refractivity contribution is -0.137. The number of carbonyl (C=O) groups is 1. The van der Waals surface area contributed by atoms with Crippen LogP contribution in [0.3, 0.4) is 0 Å². The molecule has 0 aromatic heterocycles. The van der Waals surface area contributed by atoms with Crippen LogP contribution in [0.25, 0.3) is 0 Å². The standard InChI is InChI=1S/C22H27F3N4O/c1-15(18-7-5-8-19(13-18)22(23,24)25)10-11-27-21(26-3)28-14-17-6-4-9-20(12-17)29-16(2)30/h4-9,12-13,15H,10-11,14H2,1-3H3,(H,29,30)(H2,26,27,28). The van der Waals surface area contributed by atoms with Crippen LogP contribution in [0.5, 0.6) is 0 Å². The lowest BCUT2D eigenvalue weighted by Crippen LogP contribution is -2.37. The van der Waals surface area contributed by atoms with Crippen LogP contribution in [0.1, 0.15) is 42.9 Å². The molecule has 2 aromatic rings. The van der Waals surface area contributed by atoms with Crippen molar-refractivity contribution in [2.24, 2.45) is 4.99 Å². The molecule has 30 heavy (non-hydrogen) atoms. The molecule has 162 valence electrons. The van der Waals surface area contributed by atoms with Gasteiger partial charge in [-0.05, 0) is 41.7 Å². The van der Waals surface area contributed by atoms with Crippen LogP contribution in [-0.2, 0) is 17.5 Å². The van der Waals surface area contributed by atoms with Crippen LogP contribution in [0.2, 0.25) is 0 Å². The Morgan fingerprint density at radius 1 is 1.10 bits per heavy atom. The van der Waals surface area contributed by atoms with Crippen LogP contribution >= 0.6 is 0 Å². The van der Waals surface area contributed by atoms with Crippen LogP contribution < -0.4 is 16.0 Å². The van der Waals surface area contributed by atoms with Gasteiger partial charge in [-0.1, -0.05) is 37.3 Å². The van der Waals surface area contributed by atoms with Crippen molar-refractivity contribution in [3.63, 3.8) is 0 Å². The molecule has 3 N–H and O–H groups in total. The molecule has 0 aliphatic rings. The quantitative estimate of drug-likeness (QED) is 0.456. The van der Waals surface area contributed by atoms with Gasteiger partial charge in [-0.3, -0.25) is 9.79 Å². The summed E-state index contributed by atoms with van der Waals surface area (Å²) in [5.74, 6) is 0.427. The molecule has 2 rings (SSSR count). The van der Waals surface area contributed by atoms with E-state index in [2.05, 4.69) is 20.9 Å². The van der Waals surface area contributed by atoms with Crippen molar-refractivity contribution in [1.82, 2.24) is 10.6 Å². The number of nitrogens with one attached hydrogen (secondary N) is 3. The maximum Gasteiger partial charge on any atom is 0.416 e. The number of hydrogen-bond acceptors (Lipinski definition) is 2. The fourth-order valence-electron chi connectivity index (χ4n) is 2.96. The molecule has 0 aliphatic heterocycles. The summed E-state index contributed by atoms with van der Waals surface area (Å²) in [6, 6.07) is 12.9. The van der Waals surface area contributed by atoms with Gasteiger partial charge in [0.2, 0.25) is 5.91 Å². The van der Waals surface area contributed by atoms with Crippen LogP contribution in [-0.4, -0.2) is 25.5 Å². The van der Waals surface area contributed by atoms with E-state index in [0.717, 1.165) is 17.3 Å². The third kappa shape index (κ3) is 7.42. The Kier molecular flexibility index (Phi) is 8.26. The minimum atomic E-state index is -4.34.